The minimum Gasteiger partial charge on any atom is -0.478 e. The van der Waals surface area contributed by atoms with Crippen molar-refractivity contribution in [2.75, 3.05) is 25.6 Å². The normalized spacial score (nSPS) is 12.2. The van der Waals surface area contributed by atoms with Gasteiger partial charge in [0.25, 0.3) is 0 Å². The Labute approximate surface area is 111 Å². The van der Waals surface area contributed by atoms with Crippen LogP contribution in [0.5, 0.6) is 0 Å². The lowest BCUT2D eigenvalue weighted by Crippen LogP contribution is -2.26. The fourth-order valence-electron chi connectivity index (χ4n) is 1.78. The molecule has 1 aromatic carbocycles. The molecule has 0 aliphatic carbocycles. The van der Waals surface area contributed by atoms with Crippen molar-refractivity contribution in [2.24, 2.45) is 5.73 Å². The van der Waals surface area contributed by atoms with Crippen LogP contribution in [0.15, 0.2) is 18.2 Å². The molecule has 0 saturated carbocycles. The number of ether oxygens (including phenoxy) is 1. The van der Waals surface area contributed by atoms with Gasteiger partial charge in [0.15, 0.2) is 0 Å². The van der Waals surface area contributed by atoms with E-state index in [2.05, 4.69) is 5.32 Å². The Balaban J connectivity index is 2.78. The summed E-state index contributed by atoms with van der Waals surface area (Å²) in [6.07, 6.45) is 1.62. The molecule has 0 aromatic heterocycles. The molecule has 0 aliphatic rings. The number of rotatable bonds is 8. The average Bonchev–Trinajstić information content (AvgIpc) is 2.38. The van der Waals surface area contributed by atoms with Crippen molar-refractivity contribution >= 4 is 11.7 Å². The van der Waals surface area contributed by atoms with Crippen LogP contribution in [-0.4, -0.2) is 37.4 Å². The third-order valence-corrected chi connectivity index (χ3v) is 2.69. The molecule has 4 N–H and O–H groups in total. The van der Waals surface area contributed by atoms with E-state index >= 15 is 0 Å². The van der Waals surface area contributed by atoms with Crippen LogP contribution in [0.2, 0.25) is 0 Å². The lowest BCUT2D eigenvalue weighted by atomic mass is 10.1. The molecule has 0 heterocycles. The van der Waals surface area contributed by atoms with Crippen LogP contribution in [0.25, 0.3) is 0 Å². The minimum atomic E-state index is -1.29. The van der Waals surface area contributed by atoms with Gasteiger partial charge in [0.2, 0.25) is 0 Å². The van der Waals surface area contributed by atoms with Crippen molar-refractivity contribution in [1.29, 1.82) is 0 Å². The van der Waals surface area contributed by atoms with Crippen molar-refractivity contribution in [1.82, 2.24) is 0 Å². The van der Waals surface area contributed by atoms with Crippen LogP contribution >= 0.6 is 0 Å². The maximum atomic E-state index is 13.3. The van der Waals surface area contributed by atoms with Gasteiger partial charge in [-0.3, -0.25) is 0 Å². The summed E-state index contributed by atoms with van der Waals surface area (Å²) < 4.78 is 18.3. The summed E-state index contributed by atoms with van der Waals surface area (Å²) >= 11 is 0. The van der Waals surface area contributed by atoms with E-state index < -0.39 is 11.8 Å². The van der Waals surface area contributed by atoms with Crippen molar-refractivity contribution in [2.45, 2.75) is 18.9 Å². The average molecular weight is 270 g/mol. The molecular weight excluding hydrogens is 251 g/mol. The molecule has 6 heteroatoms. The standard InChI is InChI=1S/C13H19FN2O3/c1-19-8-10(3-2-6-15)16-9-4-5-12(14)11(7-9)13(17)18/h4-5,7,10,16H,2-3,6,8,15H2,1H3,(H,17,18). The van der Waals surface area contributed by atoms with Gasteiger partial charge < -0.3 is 20.9 Å². The van der Waals surface area contributed by atoms with Gasteiger partial charge in [-0.2, -0.15) is 0 Å². The predicted octanol–water partition coefficient (Wildman–Crippen LogP) is 1.69. The van der Waals surface area contributed by atoms with E-state index in [0.717, 1.165) is 18.9 Å². The van der Waals surface area contributed by atoms with Gasteiger partial charge >= 0.3 is 5.97 Å². The third-order valence-electron chi connectivity index (χ3n) is 2.69. The van der Waals surface area contributed by atoms with Crippen LogP contribution in [-0.2, 0) is 4.74 Å². The molecule has 0 fully saturated rings. The summed E-state index contributed by atoms with van der Waals surface area (Å²) in [7, 11) is 1.59. The summed E-state index contributed by atoms with van der Waals surface area (Å²) in [5, 5.41) is 12.0. The zero-order valence-electron chi connectivity index (χ0n) is 10.9. The Kier molecular flexibility index (Phi) is 6.24. The van der Waals surface area contributed by atoms with E-state index in [1.54, 1.807) is 7.11 Å². The predicted molar refractivity (Wildman–Crippen MR) is 70.9 cm³/mol. The molecule has 0 radical (unpaired) electrons. The van der Waals surface area contributed by atoms with Gasteiger partial charge in [0.05, 0.1) is 12.2 Å². The number of nitrogens with one attached hydrogen (secondary N) is 1. The smallest absolute Gasteiger partial charge is 0.338 e. The zero-order chi connectivity index (χ0) is 14.3. The van der Waals surface area contributed by atoms with Crippen LogP contribution in [0.4, 0.5) is 10.1 Å². The molecule has 0 bridgehead atoms. The van der Waals surface area contributed by atoms with Crippen molar-refractivity contribution < 1.29 is 19.0 Å². The number of carbonyl (C=O) groups is 1. The van der Waals surface area contributed by atoms with Gasteiger partial charge in [-0.1, -0.05) is 0 Å². The van der Waals surface area contributed by atoms with Crippen molar-refractivity contribution in [3.63, 3.8) is 0 Å². The summed E-state index contributed by atoms with van der Waals surface area (Å²) in [6.45, 7) is 1.05. The number of nitrogens with two attached hydrogens (primary N) is 1. The fourth-order valence-corrected chi connectivity index (χ4v) is 1.78. The summed E-state index contributed by atoms with van der Waals surface area (Å²) in [5.41, 5.74) is 5.66. The first-order valence-electron chi connectivity index (χ1n) is 6.07. The highest BCUT2D eigenvalue weighted by atomic mass is 19.1. The van der Waals surface area contributed by atoms with Crippen molar-refractivity contribution in [3.8, 4) is 0 Å². The first-order chi connectivity index (χ1) is 9.08. The van der Waals surface area contributed by atoms with E-state index in [0.29, 0.717) is 18.8 Å². The Morgan fingerprint density at radius 2 is 2.32 bits per heavy atom. The number of methoxy groups -OCH3 is 1. The molecule has 19 heavy (non-hydrogen) atoms. The Hall–Kier alpha value is -1.66. The molecule has 5 nitrogen and oxygen atoms in total. The van der Waals surface area contributed by atoms with Crippen LogP contribution in [0.1, 0.15) is 23.2 Å². The number of benzene rings is 1. The molecule has 1 unspecified atom stereocenters. The highest BCUT2D eigenvalue weighted by Gasteiger charge is 2.13. The second-order valence-electron chi connectivity index (χ2n) is 4.23. The SMILES string of the molecule is COCC(CCCN)Nc1ccc(F)c(C(=O)O)c1. The second-order valence-corrected chi connectivity index (χ2v) is 4.23. The van der Waals surface area contributed by atoms with Gasteiger partial charge in [-0.25, -0.2) is 9.18 Å². The van der Waals surface area contributed by atoms with E-state index in [9.17, 15) is 9.18 Å². The fraction of sp³-hybridized carbons (Fsp3) is 0.462. The number of anilines is 1. The summed E-state index contributed by atoms with van der Waals surface area (Å²) in [5.74, 6) is -2.03. The molecule has 0 saturated heterocycles. The minimum absolute atomic E-state index is 0.0145. The van der Waals surface area contributed by atoms with E-state index in [1.165, 1.54) is 12.1 Å². The summed E-state index contributed by atoms with van der Waals surface area (Å²) in [4.78, 5) is 10.8. The van der Waals surface area contributed by atoms with E-state index in [1.807, 2.05) is 0 Å². The zero-order valence-corrected chi connectivity index (χ0v) is 10.9. The monoisotopic (exact) mass is 270 g/mol. The van der Waals surface area contributed by atoms with E-state index in [4.69, 9.17) is 15.6 Å². The topological polar surface area (TPSA) is 84.6 Å². The van der Waals surface area contributed by atoms with Crippen LogP contribution in [0, 0.1) is 5.82 Å². The molecule has 0 aliphatic heterocycles. The Morgan fingerprint density at radius 3 is 2.89 bits per heavy atom. The number of halogens is 1. The third kappa shape index (κ3) is 4.84. The largest absolute Gasteiger partial charge is 0.478 e. The quantitative estimate of drug-likeness (QED) is 0.669. The molecule has 1 atom stereocenters. The molecule has 1 aromatic rings. The number of carboxylic acids is 1. The lowest BCUT2D eigenvalue weighted by Gasteiger charge is -2.19. The number of carboxylic acid groups (broad SMARTS) is 1. The maximum absolute atomic E-state index is 13.3. The van der Waals surface area contributed by atoms with E-state index in [-0.39, 0.29) is 11.6 Å². The number of hydrogen-bond acceptors (Lipinski definition) is 4. The second kappa shape index (κ2) is 7.70. The highest BCUT2D eigenvalue weighted by Crippen LogP contribution is 2.17. The van der Waals surface area contributed by atoms with Crippen molar-refractivity contribution in [3.05, 3.63) is 29.6 Å². The number of hydrogen-bond donors (Lipinski definition) is 3. The molecule has 106 valence electrons. The Bertz CT molecular complexity index is 426. The summed E-state index contributed by atoms with van der Waals surface area (Å²) in [6, 6.07) is 3.94. The highest BCUT2D eigenvalue weighted by molar-refractivity contribution is 5.89. The van der Waals surface area contributed by atoms with Crippen LogP contribution in [0.3, 0.4) is 0 Å². The van der Waals surface area contributed by atoms with Gasteiger partial charge in [-0.15, -0.1) is 0 Å². The molecule has 1 rings (SSSR count). The molecular formula is C13H19FN2O3. The number of aromatic carboxylic acids is 1. The van der Waals surface area contributed by atoms with Gasteiger partial charge in [-0.05, 0) is 37.6 Å². The molecule has 0 spiro atoms. The maximum Gasteiger partial charge on any atom is 0.338 e. The first kappa shape index (κ1) is 15.4. The first-order valence-corrected chi connectivity index (χ1v) is 6.07. The Morgan fingerprint density at radius 1 is 1.58 bits per heavy atom. The van der Waals surface area contributed by atoms with Gasteiger partial charge in [0.1, 0.15) is 5.82 Å². The van der Waals surface area contributed by atoms with Crippen LogP contribution < -0.4 is 11.1 Å². The van der Waals surface area contributed by atoms with Gasteiger partial charge in [0, 0.05) is 18.8 Å². The lowest BCUT2D eigenvalue weighted by molar-refractivity contribution is 0.0692. The molecule has 0 amide bonds.